The van der Waals surface area contributed by atoms with Gasteiger partial charge in [-0.2, -0.15) is 8.42 Å². The van der Waals surface area contributed by atoms with Crippen LogP contribution in [0, 0.1) is 11.8 Å². The van der Waals surface area contributed by atoms with Gasteiger partial charge < -0.3 is 53.5 Å². The van der Waals surface area contributed by atoms with E-state index in [1.165, 1.54) is 0 Å². The van der Waals surface area contributed by atoms with E-state index in [2.05, 4.69) is 20.1 Å². The molecule has 15 nitrogen and oxygen atoms in total. The zero-order chi connectivity index (χ0) is 40.4. The van der Waals surface area contributed by atoms with Crippen molar-refractivity contribution in [2.45, 2.75) is 194 Å². The Balaban J connectivity index is 0.000000859. The van der Waals surface area contributed by atoms with Gasteiger partial charge in [-0.25, -0.2) is 0 Å². The number of Topliss-reactive ketones (excluding diaryl/α,β-unsaturated/α-hetero) is 1. The van der Waals surface area contributed by atoms with Gasteiger partial charge in [-0.3, -0.25) is 9.35 Å². The molecule has 0 aromatic rings. The Labute approximate surface area is 336 Å². The van der Waals surface area contributed by atoms with Crippen LogP contribution in [0.2, 0.25) is 0 Å². The summed E-state index contributed by atoms with van der Waals surface area (Å²) in [6, 6.07) is 0. The third-order valence-corrected chi connectivity index (χ3v) is 14.0. The van der Waals surface area contributed by atoms with Crippen molar-refractivity contribution in [1.29, 1.82) is 0 Å². The molecular weight excluding hydrogens is 763 g/mol. The van der Waals surface area contributed by atoms with Gasteiger partial charge in [0.25, 0.3) is 10.1 Å². The highest BCUT2D eigenvalue weighted by molar-refractivity contribution is 7.85. The molecule has 19 atom stereocenters. The van der Waals surface area contributed by atoms with Crippen molar-refractivity contribution in [3.63, 3.8) is 0 Å². The number of methoxy groups -OCH3 is 1. The minimum Gasteiger partial charge on any atom is -0.392 e. The number of hydrogen-bond donors (Lipinski definition) is 3. The second-order valence-electron chi connectivity index (χ2n) is 18.2. The molecule has 0 saturated carbocycles. The number of aliphatic hydroxyl groups excluding tert-OH is 1. The van der Waals surface area contributed by atoms with Crippen LogP contribution in [0.15, 0.2) is 24.3 Å². The zero-order valence-corrected chi connectivity index (χ0v) is 34.3. The van der Waals surface area contributed by atoms with Gasteiger partial charge in [0.2, 0.25) is 0 Å². The number of rotatable bonds is 4. The van der Waals surface area contributed by atoms with Crippen molar-refractivity contribution in [1.82, 2.24) is 0 Å². The molecule has 1 spiro atoms. The third kappa shape index (κ3) is 9.00. The molecule has 10 aliphatic rings. The first-order valence-electron chi connectivity index (χ1n) is 21.1. The molecule has 0 amide bonds. The molecule has 57 heavy (non-hydrogen) atoms. The minimum atomic E-state index is -3.67. The molecule has 322 valence electrons. The van der Waals surface area contributed by atoms with Crippen LogP contribution in [0.1, 0.15) is 90.4 Å². The summed E-state index contributed by atoms with van der Waals surface area (Å²) in [6.07, 6.45) is 5.57. The fraction of sp³-hybridized carbons (Fsp3) is 0.878. The number of hydrogen-bond acceptors (Lipinski definition) is 14. The monoisotopic (exact) mass is 825 g/mol. The van der Waals surface area contributed by atoms with Gasteiger partial charge in [0, 0.05) is 58.1 Å². The molecule has 0 aliphatic carbocycles. The molecular formula is C41H63NO14S. The Morgan fingerprint density at radius 1 is 0.825 bits per heavy atom. The van der Waals surface area contributed by atoms with Gasteiger partial charge >= 0.3 is 0 Å². The van der Waals surface area contributed by atoms with Gasteiger partial charge in [-0.05, 0) is 62.0 Å². The SMILES string of the molecule is C=C1C[C@H]2CC[C@]34C[C@H]5O[C@@H]6[C@@H](O3)[C@H]3O[C@H](CC[C@@H]3O[C@@H]6[C@@H]5O4)CC(=O)C[C@H]3[C@H](OC)[C@@H](C[C@H](O)CN)O[C@@H]3C[C@H]3O[C@@H](CC[C@H]1O2)C[C@@H](C)C3=C.CS(=O)(=O)O. The summed E-state index contributed by atoms with van der Waals surface area (Å²) in [7, 11) is -2.01. The van der Waals surface area contributed by atoms with E-state index < -0.39 is 28.1 Å². The van der Waals surface area contributed by atoms with E-state index in [0.717, 1.165) is 56.1 Å². The molecule has 12 bridgehead atoms. The summed E-state index contributed by atoms with van der Waals surface area (Å²) in [6.45, 7) is 11.3. The summed E-state index contributed by atoms with van der Waals surface area (Å²) in [5.41, 5.74) is 8.01. The smallest absolute Gasteiger partial charge is 0.261 e. The lowest BCUT2D eigenvalue weighted by Crippen LogP contribution is -2.61. The highest BCUT2D eigenvalue weighted by Gasteiger charge is 2.68. The molecule has 16 heteroatoms. The maximum Gasteiger partial charge on any atom is 0.261 e. The van der Waals surface area contributed by atoms with E-state index in [1.54, 1.807) is 7.11 Å². The Hall–Kier alpha value is -1.38. The van der Waals surface area contributed by atoms with Gasteiger partial charge in [0.05, 0.1) is 73.4 Å². The van der Waals surface area contributed by atoms with E-state index in [0.29, 0.717) is 31.9 Å². The lowest BCUT2D eigenvalue weighted by atomic mass is 9.81. The topological polar surface area (TPSA) is 201 Å². The molecule has 10 saturated heterocycles. The molecule has 4 N–H and O–H groups in total. The number of nitrogens with two attached hydrogens (primary N) is 1. The quantitative estimate of drug-likeness (QED) is 0.276. The molecule has 0 radical (unpaired) electrons. The van der Waals surface area contributed by atoms with Crippen molar-refractivity contribution in [2.75, 3.05) is 19.9 Å². The average molecular weight is 826 g/mol. The largest absolute Gasteiger partial charge is 0.392 e. The number of carbonyl (C=O) groups excluding carboxylic acids is 1. The number of ketones is 1. The molecule has 0 aromatic carbocycles. The Morgan fingerprint density at radius 3 is 2.26 bits per heavy atom. The van der Waals surface area contributed by atoms with Crippen LogP contribution in [0.3, 0.4) is 0 Å². The summed E-state index contributed by atoms with van der Waals surface area (Å²) in [5, 5.41) is 10.5. The molecule has 10 rings (SSSR count). The lowest BCUT2D eigenvalue weighted by molar-refractivity contribution is -0.292. The summed E-state index contributed by atoms with van der Waals surface area (Å²) < 4.78 is 85.9. The van der Waals surface area contributed by atoms with E-state index in [-0.39, 0.29) is 122 Å². The summed E-state index contributed by atoms with van der Waals surface area (Å²) >= 11 is 0. The maximum absolute atomic E-state index is 14.1. The average Bonchev–Trinajstić information content (AvgIpc) is 3.82. The number of ether oxygens (including phenoxy) is 9. The number of fused-ring (bicyclic) bond motifs is 6. The molecule has 10 aliphatic heterocycles. The normalized spacial score (nSPS) is 48.8. The molecule has 10 heterocycles. The van der Waals surface area contributed by atoms with Crippen molar-refractivity contribution < 1.29 is 65.5 Å². The van der Waals surface area contributed by atoms with Crippen LogP contribution in [-0.4, -0.2) is 147 Å². The van der Waals surface area contributed by atoms with Crippen LogP contribution in [0.25, 0.3) is 0 Å². The first-order chi connectivity index (χ1) is 27.1. The molecule has 0 aromatic heterocycles. The van der Waals surface area contributed by atoms with Gasteiger partial charge in [0.1, 0.15) is 36.3 Å². The predicted molar refractivity (Wildman–Crippen MR) is 204 cm³/mol. The molecule has 10 fully saturated rings. The standard InChI is InChI=1S/C40H59NO11.CH4O3S/c1-19-11-24-5-7-28-20(2)12-26(45-28)9-10-40-17-33-36(51-40)37-38(50-33)39(52-40)35-29(49-37)8-6-25(47-35)13-22(42)14-27-31(16-30(46-24)21(19)3)48-32(34(27)44-4)15-23(43)18-41;1-5(2,3)4/h19,23-39,43H,2-3,5-18,41H2,1,4H3;1H3,(H,2,3,4)/t19-,23+,24+,25-,26-,27-,28-,29+,30-,31-,32-,33-,34+,35+,36-,37-,38+,39+,40-;/m1./s1. The van der Waals surface area contributed by atoms with Gasteiger partial charge in [0.15, 0.2) is 5.79 Å². The Morgan fingerprint density at radius 2 is 1.51 bits per heavy atom. The third-order valence-electron chi connectivity index (χ3n) is 14.0. The second kappa shape index (κ2) is 16.8. The molecule has 0 unspecified atom stereocenters. The van der Waals surface area contributed by atoms with Crippen LogP contribution < -0.4 is 5.73 Å². The van der Waals surface area contributed by atoms with Crippen molar-refractivity contribution in [2.24, 2.45) is 17.6 Å². The van der Waals surface area contributed by atoms with Gasteiger partial charge in [-0.1, -0.05) is 20.1 Å². The number of carbonyl (C=O) groups is 1. The van der Waals surface area contributed by atoms with Gasteiger partial charge in [-0.15, -0.1) is 0 Å². The zero-order valence-electron chi connectivity index (χ0n) is 33.5. The van der Waals surface area contributed by atoms with Crippen LogP contribution >= 0.6 is 0 Å². The predicted octanol–water partition coefficient (Wildman–Crippen LogP) is 2.94. The summed E-state index contributed by atoms with van der Waals surface area (Å²) in [5.74, 6) is -0.619. The van der Waals surface area contributed by atoms with Crippen LogP contribution in [0.4, 0.5) is 0 Å². The second-order valence-corrected chi connectivity index (χ2v) is 19.6. The summed E-state index contributed by atoms with van der Waals surface area (Å²) in [4.78, 5) is 14.1. The fourth-order valence-electron chi connectivity index (χ4n) is 11.3. The van der Waals surface area contributed by atoms with E-state index in [9.17, 15) is 18.3 Å². The van der Waals surface area contributed by atoms with Crippen molar-refractivity contribution in [3.05, 3.63) is 24.3 Å². The fourth-order valence-corrected chi connectivity index (χ4v) is 11.3. The first-order valence-corrected chi connectivity index (χ1v) is 22.9. The van der Waals surface area contributed by atoms with Crippen LogP contribution in [0.5, 0.6) is 0 Å². The van der Waals surface area contributed by atoms with E-state index in [4.69, 9.17) is 52.9 Å². The lowest BCUT2D eigenvalue weighted by Gasteiger charge is -2.47. The van der Waals surface area contributed by atoms with Crippen LogP contribution in [-0.2, 0) is 57.5 Å². The number of aliphatic hydroxyl groups is 1. The van der Waals surface area contributed by atoms with Crippen molar-refractivity contribution >= 4 is 15.9 Å². The van der Waals surface area contributed by atoms with E-state index in [1.807, 2.05) is 0 Å². The highest BCUT2D eigenvalue weighted by atomic mass is 32.2. The minimum absolute atomic E-state index is 0.0158. The Kier molecular flexibility index (Phi) is 12.5. The first kappa shape index (κ1) is 42.3. The Bertz CT molecular complexity index is 1600. The maximum atomic E-state index is 14.1. The highest BCUT2D eigenvalue weighted by Crippen LogP contribution is 2.54. The van der Waals surface area contributed by atoms with E-state index >= 15 is 0 Å². The van der Waals surface area contributed by atoms with Crippen molar-refractivity contribution in [3.8, 4) is 0 Å².